The number of hydrogen-bond donors (Lipinski definition) is 2. The predicted molar refractivity (Wildman–Crippen MR) is 92.5 cm³/mol. The van der Waals surface area contributed by atoms with Gasteiger partial charge < -0.3 is 10.6 Å². The number of nitrogens with zero attached hydrogens (tertiary/aromatic N) is 2. The first-order chi connectivity index (χ1) is 11.4. The van der Waals surface area contributed by atoms with E-state index in [9.17, 15) is 14.9 Å². The van der Waals surface area contributed by atoms with Crippen LogP contribution >= 0.6 is 11.3 Å². The minimum Gasteiger partial charge on any atom is -0.374 e. The molecule has 1 aromatic heterocycles. The Morgan fingerprint density at radius 3 is 2.75 bits per heavy atom. The van der Waals surface area contributed by atoms with Crippen LogP contribution in [0.25, 0.3) is 0 Å². The van der Waals surface area contributed by atoms with Gasteiger partial charge in [0.25, 0.3) is 11.6 Å². The summed E-state index contributed by atoms with van der Waals surface area (Å²) < 4.78 is 0. The van der Waals surface area contributed by atoms with E-state index in [1.165, 1.54) is 6.07 Å². The third-order valence-electron chi connectivity index (χ3n) is 3.82. The van der Waals surface area contributed by atoms with Crippen LogP contribution in [0.3, 0.4) is 0 Å². The van der Waals surface area contributed by atoms with E-state index in [-0.39, 0.29) is 17.6 Å². The summed E-state index contributed by atoms with van der Waals surface area (Å²) in [7, 11) is 0. The topological polar surface area (TPSA) is 97.2 Å². The first-order valence-corrected chi connectivity index (χ1v) is 8.52. The fourth-order valence-corrected chi connectivity index (χ4v) is 3.22. The van der Waals surface area contributed by atoms with E-state index in [1.54, 1.807) is 23.5 Å². The molecule has 0 unspecified atom stereocenters. The summed E-state index contributed by atoms with van der Waals surface area (Å²) in [5, 5.41) is 18.2. The Balaban J connectivity index is 1.77. The molecule has 0 aliphatic heterocycles. The third-order valence-corrected chi connectivity index (χ3v) is 4.74. The molecule has 0 atom stereocenters. The Kier molecular flexibility index (Phi) is 4.48. The highest BCUT2D eigenvalue weighted by atomic mass is 32.1. The van der Waals surface area contributed by atoms with Crippen molar-refractivity contribution in [2.75, 3.05) is 5.32 Å². The van der Waals surface area contributed by atoms with Gasteiger partial charge in [-0.25, -0.2) is 4.98 Å². The molecule has 1 aliphatic rings. The van der Waals surface area contributed by atoms with Crippen LogP contribution in [-0.2, 0) is 6.54 Å². The number of hydrogen-bond acceptors (Lipinski definition) is 6. The number of aryl methyl sites for hydroxylation is 2. The van der Waals surface area contributed by atoms with Gasteiger partial charge in [-0.1, -0.05) is 0 Å². The molecular weight excluding hydrogens is 328 g/mol. The molecule has 1 aromatic carbocycles. The predicted octanol–water partition coefficient (Wildman–Crippen LogP) is 3.17. The second-order valence-corrected chi connectivity index (χ2v) is 7.23. The van der Waals surface area contributed by atoms with Gasteiger partial charge in [0.1, 0.15) is 5.69 Å². The number of nitrogens with one attached hydrogen (secondary N) is 2. The number of carbonyl (C=O) groups is 1. The summed E-state index contributed by atoms with van der Waals surface area (Å²) in [5.41, 5.74) is 1.46. The zero-order valence-corrected chi connectivity index (χ0v) is 14.3. The van der Waals surface area contributed by atoms with Gasteiger partial charge in [0.15, 0.2) is 0 Å². The third kappa shape index (κ3) is 3.70. The zero-order valence-electron chi connectivity index (χ0n) is 13.5. The molecule has 1 fully saturated rings. The van der Waals surface area contributed by atoms with Gasteiger partial charge in [0, 0.05) is 22.5 Å². The highest BCUT2D eigenvalue weighted by molar-refractivity contribution is 7.11. The van der Waals surface area contributed by atoms with Crippen molar-refractivity contribution in [2.24, 2.45) is 0 Å². The standard InChI is InChI=1S/C16H18N4O3S/c1-9-14(18-10(2)24-9)8-17-13-6-3-11(7-15(13)20(22)23)16(21)19-12-4-5-12/h3,6-7,12,17H,4-5,8H2,1-2H3,(H,19,21). The van der Waals surface area contributed by atoms with Crippen molar-refractivity contribution in [1.82, 2.24) is 10.3 Å². The smallest absolute Gasteiger partial charge is 0.293 e. The monoisotopic (exact) mass is 346 g/mol. The molecular formula is C16H18N4O3S. The molecule has 1 amide bonds. The van der Waals surface area contributed by atoms with Crippen molar-refractivity contribution >= 4 is 28.6 Å². The molecule has 1 heterocycles. The van der Waals surface area contributed by atoms with E-state index in [2.05, 4.69) is 15.6 Å². The first-order valence-electron chi connectivity index (χ1n) is 7.70. The molecule has 3 rings (SSSR count). The molecule has 126 valence electrons. The Labute approximate surface area is 143 Å². The number of amides is 1. The van der Waals surface area contributed by atoms with E-state index in [0.29, 0.717) is 17.8 Å². The van der Waals surface area contributed by atoms with Crippen LogP contribution in [-0.4, -0.2) is 21.9 Å². The van der Waals surface area contributed by atoms with Crippen molar-refractivity contribution in [2.45, 2.75) is 39.3 Å². The lowest BCUT2D eigenvalue weighted by Gasteiger charge is -2.08. The number of aromatic nitrogens is 1. The Hall–Kier alpha value is -2.48. The van der Waals surface area contributed by atoms with Crippen molar-refractivity contribution < 1.29 is 9.72 Å². The fourth-order valence-electron chi connectivity index (χ4n) is 2.38. The minimum atomic E-state index is -0.477. The van der Waals surface area contributed by atoms with Gasteiger partial charge in [-0.2, -0.15) is 0 Å². The van der Waals surface area contributed by atoms with Crippen LogP contribution in [0.5, 0.6) is 0 Å². The number of thiazole rings is 1. The molecule has 7 nitrogen and oxygen atoms in total. The summed E-state index contributed by atoms with van der Waals surface area (Å²) in [6, 6.07) is 4.71. The molecule has 0 saturated heterocycles. The van der Waals surface area contributed by atoms with Gasteiger partial charge in [-0.3, -0.25) is 14.9 Å². The lowest BCUT2D eigenvalue weighted by Crippen LogP contribution is -2.25. The molecule has 1 aliphatic carbocycles. The van der Waals surface area contributed by atoms with Crippen molar-refractivity contribution in [3.05, 3.63) is 49.5 Å². The number of anilines is 1. The van der Waals surface area contributed by atoms with Crippen LogP contribution in [0.4, 0.5) is 11.4 Å². The Morgan fingerprint density at radius 1 is 1.42 bits per heavy atom. The highest BCUT2D eigenvalue weighted by Crippen LogP contribution is 2.27. The summed E-state index contributed by atoms with van der Waals surface area (Å²) in [6.07, 6.45) is 1.94. The van der Waals surface area contributed by atoms with E-state index in [1.807, 2.05) is 13.8 Å². The van der Waals surface area contributed by atoms with Crippen LogP contribution < -0.4 is 10.6 Å². The van der Waals surface area contributed by atoms with Crippen molar-refractivity contribution in [1.29, 1.82) is 0 Å². The average Bonchev–Trinajstić information content (AvgIpc) is 3.28. The summed E-state index contributed by atoms with van der Waals surface area (Å²) in [5.74, 6) is -0.266. The number of nitro groups is 1. The van der Waals surface area contributed by atoms with Gasteiger partial charge in [0.05, 0.1) is 22.2 Å². The second-order valence-electron chi connectivity index (χ2n) is 5.83. The summed E-state index contributed by atoms with van der Waals surface area (Å²) >= 11 is 1.59. The average molecular weight is 346 g/mol. The number of carbonyl (C=O) groups excluding carboxylic acids is 1. The fraction of sp³-hybridized carbons (Fsp3) is 0.375. The summed E-state index contributed by atoms with van der Waals surface area (Å²) in [4.78, 5) is 28.4. The van der Waals surface area contributed by atoms with Gasteiger partial charge in [0.2, 0.25) is 0 Å². The van der Waals surface area contributed by atoms with Crippen molar-refractivity contribution in [3.8, 4) is 0 Å². The van der Waals surface area contributed by atoms with Crippen LogP contribution in [0.1, 0.15) is 38.8 Å². The molecule has 0 radical (unpaired) electrons. The van der Waals surface area contributed by atoms with Gasteiger partial charge in [-0.15, -0.1) is 11.3 Å². The molecule has 2 N–H and O–H groups in total. The molecule has 2 aromatic rings. The molecule has 0 bridgehead atoms. The molecule has 24 heavy (non-hydrogen) atoms. The van der Waals surface area contributed by atoms with E-state index in [0.717, 1.165) is 28.4 Å². The SMILES string of the molecule is Cc1nc(CNc2ccc(C(=O)NC3CC3)cc2[N+](=O)[O-])c(C)s1. The summed E-state index contributed by atoms with van der Waals surface area (Å²) in [6.45, 7) is 4.31. The van der Waals surface area contributed by atoms with E-state index >= 15 is 0 Å². The van der Waals surface area contributed by atoms with E-state index < -0.39 is 4.92 Å². The highest BCUT2D eigenvalue weighted by Gasteiger charge is 2.25. The number of nitro benzene ring substituents is 1. The quantitative estimate of drug-likeness (QED) is 0.618. The maximum absolute atomic E-state index is 12.0. The second kappa shape index (κ2) is 6.56. The van der Waals surface area contributed by atoms with Crippen LogP contribution in [0, 0.1) is 24.0 Å². The Morgan fingerprint density at radius 2 is 2.17 bits per heavy atom. The normalized spacial score (nSPS) is 13.6. The molecule has 1 saturated carbocycles. The first kappa shape index (κ1) is 16.4. The van der Waals surface area contributed by atoms with Crippen molar-refractivity contribution in [3.63, 3.8) is 0 Å². The number of benzene rings is 1. The van der Waals surface area contributed by atoms with Crippen LogP contribution in [0.2, 0.25) is 0 Å². The van der Waals surface area contributed by atoms with Gasteiger partial charge >= 0.3 is 0 Å². The van der Waals surface area contributed by atoms with Gasteiger partial charge in [-0.05, 0) is 38.8 Å². The van der Waals surface area contributed by atoms with E-state index in [4.69, 9.17) is 0 Å². The maximum Gasteiger partial charge on any atom is 0.293 e. The maximum atomic E-state index is 12.0. The minimum absolute atomic E-state index is 0.108. The lowest BCUT2D eigenvalue weighted by molar-refractivity contribution is -0.384. The largest absolute Gasteiger partial charge is 0.374 e. The molecule has 8 heteroatoms. The Bertz CT molecular complexity index is 799. The van der Waals surface area contributed by atoms with Crippen LogP contribution in [0.15, 0.2) is 18.2 Å². The zero-order chi connectivity index (χ0) is 17.3. The number of rotatable bonds is 6. The molecule has 0 spiro atoms. The lowest BCUT2D eigenvalue weighted by atomic mass is 10.1.